The third kappa shape index (κ3) is 4.95. The number of hydrogen-bond acceptors (Lipinski definition) is 3. The lowest BCUT2D eigenvalue weighted by atomic mass is 10.1. The molecule has 0 fully saturated rings. The topological polar surface area (TPSA) is 75.3 Å². The van der Waals surface area contributed by atoms with Crippen molar-refractivity contribution in [1.82, 2.24) is 5.32 Å². The van der Waals surface area contributed by atoms with Gasteiger partial charge in [0.15, 0.2) is 0 Å². The molecule has 138 valence electrons. The van der Waals surface area contributed by atoms with Crippen molar-refractivity contribution in [1.29, 1.82) is 0 Å². The van der Waals surface area contributed by atoms with Gasteiger partial charge in [-0.15, -0.1) is 0 Å². The molecule has 5 nitrogen and oxygen atoms in total. The molecule has 0 aliphatic carbocycles. The molecule has 0 radical (unpaired) electrons. The summed E-state index contributed by atoms with van der Waals surface area (Å²) in [5.74, 6) is -0.327. The van der Waals surface area contributed by atoms with E-state index in [0.717, 1.165) is 11.1 Å². The van der Waals surface area contributed by atoms with Crippen molar-refractivity contribution >= 4 is 21.6 Å². The molecule has 0 aromatic heterocycles. The minimum atomic E-state index is -3.77. The van der Waals surface area contributed by atoms with E-state index in [1.54, 1.807) is 42.5 Å². The highest BCUT2D eigenvalue weighted by atomic mass is 32.2. The van der Waals surface area contributed by atoms with Crippen molar-refractivity contribution in [2.24, 2.45) is 0 Å². The van der Waals surface area contributed by atoms with Crippen LogP contribution in [-0.4, -0.2) is 14.3 Å². The zero-order valence-corrected chi connectivity index (χ0v) is 15.7. The van der Waals surface area contributed by atoms with Crippen LogP contribution in [0.3, 0.4) is 0 Å². The van der Waals surface area contributed by atoms with E-state index in [-0.39, 0.29) is 16.4 Å². The van der Waals surface area contributed by atoms with Gasteiger partial charge in [0.25, 0.3) is 15.9 Å². The van der Waals surface area contributed by atoms with Gasteiger partial charge in [-0.25, -0.2) is 8.42 Å². The fourth-order valence-corrected chi connectivity index (χ4v) is 3.62. The van der Waals surface area contributed by atoms with Crippen molar-refractivity contribution in [2.45, 2.75) is 18.4 Å². The largest absolute Gasteiger partial charge is 0.348 e. The highest BCUT2D eigenvalue weighted by molar-refractivity contribution is 7.92. The van der Waals surface area contributed by atoms with E-state index in [4.69, 9.17) is 0 Å². The Balaban J connectivity index is 1.72. The molecule has 0 unspecified atom stereocenters. The summed E-state index contributed by atoms with van der Waals surface area (Å²) in [5, 5.41) is 2.81. The lowest BCUT2D eigenvalue weighted by Gasteiger charge is -2.10. The Morgan fingerprint density at radius 1 is 0.889 bits per heavy atom. The summed E-state index contributed by atoms with van der Waals surface area (Å²) in [6.45, 7) is 2.37. The number of nitrogens with one attached hydrogen (secondary N) is 2. The SMILES string of the molecule is Cc1ccc(CNC(=O)c2cccc(S(=O)(=O)Nc3ccccc3)c2)cc1. The first-order valence-corrected chi connectivity index (χ1v) is 9.94. The highest BCUT2D eigenvalue weighted by Gasteiger charge is 2.16. The van der Waals surface area contributed by atoms with Gasteiger partial charge in [0.2, 0.25) is 0 Å². The lowest BCUT2D eigenvalue weighted by Crippen LogP contribution is -2.23. The third-order valence-electron chi connectivity index (χ3n) is 4.01. The fourth-order valence-electron chi connectivity index (χ4n) is 2.52. The van der Waals surface area contributed by atoms with E-state index in [9.17, 15) is 13.2 Å². The normalized spacial score (nSPS) is 11.0. The number of carbonyl (C=O) groups is 1. The maximum absolute atomic E-state index is 12.5. The molecule has 3 rings (SSSR count). The van der Waals surface area contributed by atoms with Gasteiger partial charge in [0.1, 0.15) is 0 Å². The first kappa shape index (κ1) is 18.7. The van der Waals surface area contributed by atoms with E-state index in [1.807, 2.05) is 31.2 Å². The predicted octanol–water partition coefficient (Wildman–Crippen LogP) is 3.73. The third-order valence-corrected chi connectivity index (χ3v) is 5.39. The second kappa shape index (κ2) is 8.05. The lowest BCUT2D eigenvalue weighted by molar-refractivity contribution is 0.0950. The molecule has 0 spiro atoms. The molecule has 0 aliphatic heterocycles. The summed E-state index contributed by atoms with van der Waals surface area (Å²) in [5.41, 5.74) is 2.88. The standard InChI is InChI=1S/C21H20N2O3S/c1-16-10-12-17(13-11-16)15-22-21(24)18-6-5-9-20(14-18)27(25,26)23-19-7-3-2-4-8-19/h2-14,23H,15H2,1H3,(H,22,24). The Hall–Kier alpha value is -3.12. The smallest absolute Gasteiger partial charge is 0.261 e. The summed E-state index contributed by atoms with van der Waals surface area (Å²) in [7, 11) is -3.77. The van der Waals surface area contributed by atoms with Crippen LogP contribution >= 0.6 is 0 Å². The average molecular weight is 380 g/mol. The number of aryl methyl sites for hydroxylation is 1. The number of rotatable bonds is 6. The van der Waals surface area contributed by atoms with Crippen molar-refractivity contribution in [3.05, 3.63) is 95.6 Å². The van der Waals surface area contributed by atoms with Crippen molar-refractivity contribution in [3.63, 3.8) is 0 Å². The fraction of sp³-hybridized carbons (Fsp3) is 0.0952. The van der Waals surface area contributed by atoms with E-state index in [2.05, 4.69) is 10.0 Å². The van der Waals surface area contributed by atoms with Crippen molar-refractivity contribution in [2.75, 3.05) is 4.72 Å². The van der Waals surface area contributed by atoms with Gasteiger partial charge in [0.05, 0.1) is 4.90 Å². The molecule has 2 N–H and O–H groups in total. The van der Waals surface area contributed by atoms with Crippen LogP contribution in [0.4, 0.5) is 5.69 Å². The molecule has 0 atom stereocenters. The van der Waals surface area contributed by atoms with Crippen LogP contribution in [0.1, 0.15) is 21.5 Å². The molecule has 0 heterocycles. The van der Waals surface area contributed by atoms with Crippen LogP contribution in [0.2, 0.25) is 0 Å². The second-order valence-electron chi connectivity index (χ2n) is 6.17. The zero-order chi connectivity index (χ0) is 19.3. The highest BCUT2D eigenvalue weighted by Crippen LogP contribution is 2.17. The maximum Gasteiger partial charge on any atom is 0.261 e. The van der Waals surface area contributed by atoms with Crippen molar-refractivity contribution < 1.29 is 13.2 Å². The molecule has 27 heavy (non-hydrogen) atoms. The summed E-state index contributed by atoms with van der Waals surface area (Å²) >= 11 is 0. The molecule has 3 aromatic carbocycles. The zero-order valence-electron chi connectivity index (χ0n) is 14.8. The van der Waals surface area contributed by atoms with Gasteiger partial charge in [-0.2, -0.15) is 0 Å². The van der Waals surface area contributed by atoms with E-state index in [1.165, 1.54) is 12.1 Å². The number of benzene rings is 3. The van der Waals surface area contributed by atoms with Gasteiger partial charge >= 0.3 is 0 Å². The first-order valence-electron chi connectivity index (χ1n) is 8.46. The quantitative estimate of drug-likeness (QED) is 0.684. The second-order valence-corrected chi connectivity index (χ2v) is 7.85. The van der Waals surface area contributed by atoms with Crippen LogP contribution < -0.4 is 10.0 Å². The number of amides is 1. The minimum Gasteiger partial charge on any atom is -0.348 e. The average Bonchev–Trinajstić information content (AvgIpc) is 2.68. The summed E-state index contributed by atoms with van der Waals surface area (Å²) in [6, 6.07) is 22.4. The van der Waals surface area contributed by atoms with Gasteiger partial charge in [0, 0.05) is 17.8 Å². The molecule has 0 saturated carbocycles. The summed E-state index contributed by atoms with van der Waals surface area (Å²) in [4.78, 5) is 12.4. The van der Waals surface area contributed by atoms with Gasteiger partial charge < -0.3 is 5.32 Å². The Morgan fingerprint density at radius 3 is 2.30 bits per heavy atom. The molecule has 0 aliphatic rings. The number of carbonyl (C=O) groups excluding carboxylic acids is 1. The van der Waals surface area contributed by atoms with Gasteiger partial charge in [-0.05, 0) is 42.8 Å². The predicted molar refractivity (Wildman–Crippen MR) is 106 cm³/mol. The van der Waals surface area contributed by atoms with Gasteiger partial charge in [-0.3, -0.25) is 9.52 Å². The Morgan fingerprint density at radius 2 is 1.59 bits per heavy atom. The van der Waals surface area contributed by atoms with Crippen LogP contribution in [0, 0.1) is 6.92 Å². The molecular weight excluding hydrogens is 360 g/mol. The minimum absolute atomic E-state index is 0.0364. The van der Waals surface area contributed by atoms with E-state index < -0.39 is 10.0 Å². The number of sulfonamides is 1. The molecule has 0 saturated heterocycles. The molecule has 3 aromatic rings. The maximum atomic E-state index is 12.5. The molecule has 0 bridgehead atoms. The van der Waals surface area contributed by atoms with Crippen molar-refractivity contribution in [3.8, 4) is 0 Å². The van der Waals surface area contributed by atoms with Crippen LogP contribution in [-0.2, 0) is 16.6 Å². The van der Waals surface area contributed by atoms with Crippen LogP contribution in [0.15, 0.2) is 83.8 Å². The van der Waals surface area contributed by atoms with Crippen LogP contribution in [0.5, 0.6) is 0 Å². The number of para-hydroxylation sites is 1. The van der Waals surface area contributed by atoms with Crippen LogP contribution in [0.25, 0.3) is 0 Å². The molecule has 1 amide bonds. The number of anilines is 1. The Labute approximate surface area is 159 Å². The molecular formula is C21H20N2O3S. The monoisotopic (exact) mass is 380 g/mol. The summed E-state index contributed by atoms with van der Waals surface area (Å²) < 4.78 is 27.6. The Bertz CT molecular complexity index is 1030. The van der Waals surface area contributed by atoms with Gasteiger partial charge in [-0.1, -0.05) is 54.1 Å². The first-order chi connectivity index (χ1) is 12.9. The number of hydrogen-bond donors (Lipinski definition) is 2. The Kier molecular flexibility index (Phi) is 5.57. The van der Waals surface area contributed by atoms with E-state index in [0.29, 0.717) is 12.2 Å². The van der Waals surface area contributed by atoms with E-state index >= 15 is 0 Å². The molecule has 6 heteroatoms. The summed E-state index contributed by atoms with van der Waals surface area (Å²) in [6.07, 6.45) is 0.